The Labute approximate surface area is 231 Å². The van der Waals surface area contributed by atoms with Crippen LogP contribution < -0.4 is 16.0 Å². The summed E-state index contributed by atoms with van der Waals surface area (Å²) in [6.07, 6.45) is -1.78. The molecule has 3 rings (SSSR count). The van der Waals surface area contributed by atoms with Gasteiger partial charge in [-0.25, -0.2) is 8.42 Å². The number of hydrogen-bond acceptors (Lipinski definition) is 5. The van der Waals surface area contributed by atoms with E-state index in [9.17, 15) is 36.0 Å². The van der Waals surface area contributed by atoms with Crippen molar-refractivity contribution in [2.75, 3.05) is 19.6 Å². The average Bonchev–Trinajstić information content (AvgIpc) is 2.93. The van der Waals surface area contributed by atoms with E-state index in [2.05, 4.69) is 16.0 Å². The Balaban J connectivity index is 1.58. The molecule has 0 spiro atoms. The summed E-state index contributed by atoms with van der Waals surface area (Å²) in [4.78, 5) is 37.8. The standard InChI is InChI=1S/C27H33F3N4O5S/c1-3-34(4-2)40(38,39)21-14-12-18(13-15-21)26(37)33-23-11-6-5-10-22(23)32-24(35)17-31-25(36)19-8-7-9-20(16-19)27(28,29)30/h7-9,12-16,22-23H,3-6,10-11,17H2,1-2H3,(H,31,36)(H,32,35)(H,33,37)/t22-,23+/m0/s1. The normalized spacial score (nSPS) is 17.8. The molecule has 1 aliphatic carbocycles. The molecule has 1 fully saturated rings. The van der Waals surface area contributed by atoms with Crippen LogP contribution in [0.25, 0.3) is 0 Å². The lowest BCUT2D eigenvalue weighted by molar-refractivity contribution is -0.137. The molecule has 3 N–H and O–H groups in total. The van der Waals surface area contributed by atoms with Gasteiger partial charge in [-0.1, -0.05) is 32.8 Å². The van der Waals surface area contributed by atoms with Crippen LogP contribution >= 0.6 is 0 Å². The van der Waals surface area contributed by atoms with Gasteiger partial charge in [0, 0.05) is 36.3 Å². The first-order valence-corrected chi connectivity index (χ1v) is 14.5. The molecule has 1 saturated carbocycles. The van der Waals surface area contributed by atoms with Crippen molar-refractivity contribution in [2.24, 2.45) is 0 Å². The van der Waals surface area contributed by atoms with Gasteiger partial charge in [0.25, 0.3) is 11.8 Å². The SMILES string of the molecule is CCN(CC)S(=O)(=O)c1ccc(C(=O)N[C@@H]2CCCC[C@@H]2NC(=O)CNC(=O)c2cccc(C(F)(F)F)c2)cc1. The third kappa shape index (κ3) is 7.81. The summed E-state index contributed by atoms with van der Waals surface area (Å²) >= 11 is 0. The van der Waals surface area contributed by atoms with Crippen LogP contribution in [0.5, 0.6) is 0 Å². The molecule has 13 heteroatoms. The second kappa shape index (κ2) is 13.3. The number of nitrogens with zero attached hydrogens (tertiary/aromatic N) is 1. The van der Waals surface area contributed by atoms with E-state index in [1.54, 1.807) is 13.8 Å². The lowest BCUT2D eigenvalue weighted by Gasteiger charge is -2.33. The highest BCUT2D eigenvalue weighted by Gasteiger charge is 2.31. The fourth-order valence-electron chi connectivity index (χ4n) is 4.58. The first kappa shape index (κ1) is 31.1. The van der Waals surface area contributed by atoms with E-state index in [-0.39, 0.29) is 16.0 Å². The molecule has 218 valence electrons. The average molecular weight is 583 g/mol. The van der Waals surface area contributed by atoms with Crippen molar-refractivity contribution < 1.29 is 36.0 Å². The zero-order valence-corrected chi connectivity index (χ0v) is 23.1. The number of sulfonamides is 1. The number of benzene rings is 2. The van der Waals surface area contributed by atoms with E-state index in [1.807, 2.05) is 0 Å². The molecule has 2 aromatic rings. The molecule has 0 bridgehead atoms. The lowest BCUT2D eigenvalue weighted by atomic mass is 9.90. The summed E-state index contributed by atoms with van der Waals surface area (Å²) in [5.74, 6) is -1.78. The minimum absolute atomic E-state index is 0.0859. The first-order valence-electron chi connectivity index (χ1n) is 13.0. The Morgan fingerprint density at radius 1 is 0.875 bits per heavy atom. The summed E-state index contributed by atoms with van der Waals surface area (Å²) in [5, 5.41) is 8.01. The fraction of sp³-hybridized carbons (Fsp3) is 0.444. The van der Waals surface area contributed by atoms with Crippen molar-refractivity contribution in [3.8, 4) is 0 Å². The Hall–Kier alpha value is -3.45. The molecule has 0 saturated heterocycles. The predicted octanol–water partition coefficient (Wildman–Crippen LogP) is 3.32. The van der Waals surface area contributed by atoms with Gasteiger partial charge in [-0.15, -0.1) is 0 Å². The van der Waals surface area contributed by atoms with Crippen LogP contribution in [0, 0.1) is 0 Å². The van der Waals surface area contributed by atoms with Crippen LogP contribution in [0.2, 0.25) is 0 Å². The maximum absolute atomic E-state index is 12.9. The molecule has 1 aliphatic rings. The van der Waals surface area contributed by atoms with Gasteiger partial charge in [0.15, 0.2) is 0 Å². The number of halogens is 3. The second-order valence-corrected chi connectivity index (χ2v) is 11.4. The van der Waals surface area contributed by atoms with E-state index in [0.29, 0.717) is 32.0 Å². The first-order chi connectivity index (χ1) is 18.9. The molecule has 40 heavy (non-hydrogen) atoms. The smallest absolute Gasteiger partial charge is 0.350 e. The Kier molecular flexibility index (Phi) is 10.3. The second-order valence-electron chi connectivity index (χ2n) is 9.41. The number of amides is 3. The molecule has 0 radical (unpaired) electrons. The Morgan fingerprint density at radius 2 is 1.48 bits per heavy atom. The molecule has 0 aromatic heterocycles. The maximum atomic E-state index is 12.9. The molecule has 2 aromatic carbocycles. The van der Waals surface area contributed by atoms with Crippen LogP contribution in [-0.2, 0) is 21.0 Å². The third-order valence-electron chi connectivity index (χ3n) is 6.75. The number of alkyl halides is 3. The molecular weight excluding hydrogens is 549 g/mol. The van der Waals surface area contributed by atoms with Crippen LogP contribution in [0.4, 0.5) is 13.2 Å². The topological polar surface area (TPSA) is 125 Å². The molecule has 3 amide bonds. The van der Waals surface area contributed by atoms with Crippen molar-refractivity contribution >= 4 is 27.7 Å². The van der Waals surface area contributed by atoms with Gasteiger partial charge in [0.05, 0.1) is 17.0 Å². The van der Waals surface area contributed by atoms with Crippen molar-refractivity contribution in [1.82, 2.24) is 20.3 Å². The summed E-state index contributed by atoms with van der Waals surface area (Å²) in [7, 11) is -3.66. The fourth-order valence-corrected chi connectivity index (χ4v) is 6.03. The maximum Gasteiger partial charge on any atom is 0.416 e. The van der Waals surface area contributed by atoms with Gasteiger partial charge in [0.2, 0.25) is 15.9 Å². The number of hydrogen-bond donors (Lipinski definition) is 3. The number of nitrogens with one attached hydrogen (secondary N) is 3. The third-order valence-corrected chi connectivity index (χ3v) is 8.81. The molecule has 9 nitrogen and oxygen atoms in total. The van der Waals surface area contributed by atoms with E-state index in [4.69, 9.17) is 0 Å². The van der Waals surface area contributed by atoms with Gasteiger partial charge in [-0.3, -0.25) is 14.4 Å². The molecule has 2 atom stereocenters. The van der Waals surface area contributed by atoms with Gasteiger partial charge in [-0.05, 0) is 55.3 Å². The number of rotatable bonds is 10. The van der Waals surface area contributed by atoms with E-state index in [1.165, 1.54) is 34.6 Å². The van der Waals surface area contributed by atoms with Crippen molar-refractivity contribution in [1.29, 1.82) is 0 Å². The van der Waals surface area contributed by atoms with E-state index in [0.717, 1.165) is 25.0 Å². The Bertz CT molecular complexity index is 1310. The van der Waals surface area contributed by atoms with E-state index < -0.39 is 58.1 Å². The summed E-state index contributed by atoms with van der Waals surface area (Å²) in [6.45, 7) is 3.68. The zero-order chi connectivity index (χ0) is 29.5. The predicted molar refractivity (Wildman–Crippen MR) is 142 cm³/mol. The van der Waals surface area contributed by atoms with Gasteiger partial charge in [0.1, 0.15) is 0 Å². The summed E-state index contributed by atoms with van der Waals surface area (Å²) < 4.78 is 65.4. The molecule has 0 unspecified atom stereocenters. The molecular formula is C27H33F3N4O5S. The van der Waals surface area contributed by atoms with Crippen molar-refractivity contribution in [3.05, 3.63) is 65.2 Å². The summed E-state index contributed by atoms with van der Waals surface area (Å²) in [6, 6.07) is 8.73. The van der Waals surface area contributed by atoms with Crippen molar-refractivity contribution in [3.63, 3.8) is 0 Å². The van der Waals surface area contributed by atoms with Crippen molar-refractivity contribution in [2.45, 2.75) is 62.7 Å². The van der Waals surface area contributed by atoms with Gasteiger partial charge < -0.3 is 16.0 Å². The zero-order valence-electron chi connectivity index (χ0n) is 22.3. The highest BCUT2D eigenvalue weighted by atomic mass is 32.2. The highest BCUT2D eigenvalue weighted by molar-refractivity contribution is 7.89. The minimum atomic E-state index is -4.60. The summed E-state index contributed by atoms with van der Waals surface area (Å²) in [5.41, 5.74) is -0.922. The Morgan fingerprint density at radius 3 is 2.05 bits per heavy atom. The number of carbonyl (C=O) groups is 3. The number of carbonyl (C=O) groups excluding carboxylic acids is 3. The van der Waals surface area contributed by atoms with Crippen LogP contribution in [-0.4, -0.2) is 62.2 Å². The monoisotopic (exact) mass is 582 g/mol. The van der Waals surface area contributed by atoms with Crippen LogP contribution in [0.3, 0.4) is 0 Å². The quantitative estimate of drug-likeness (QED) is 0.397. The molecule has 0 aliphatic heterocycles. The van der Waals surface area contributed by atoms with E-state index >= 15 is 0 Å². The van der Waals surface area contributed by atoms with Crippen LogP contribution in [0.1, 0.15) is 65.8 Å². The minimum Gasteiger partial charge on any atom is -0.350 e. The largest absolute Gasteiger partial charge is 0.416 e. The molecule has 0 heterocycles. The lowest BCUT2D eigenvalue weighted by Crippen LogP contribution is -2.54. The van der Waals surface area contributed by atoms with Gasteiger partial charge >= 0.3 is 6.18 Å². The highest BCUT2D eigenvalue weighted by Crippen LogP contribution is 2.29. The van der Waals surface area contributed by atoms with Crippen LogP contribution in [0.15, 0.2) is 53.4 Å². The van der Waals surface area contributed by atoms with Gasteiger partial charge in [-0.2, -0.15) is 17.5 Å².